The largest absolute Gasteiger partial charge is 0.508 e. The Morgan fingerprint density at radius 3 is 1.87 bits per heavy atom. The Hall–Kier alpha value is -3.53. The van der Waals surface area contributed by atoms with Crippen LogP contribution in [0, 0.1) is 0 Å². The van der Waals surface area contributed by atoms with Gasteiger partial charge in [-0.25, -0.2) is 0 Å². The van der Waals surface area contributed by atoms with Crippen LogP contribution < -0.4 is 4.74 Å². The minimum absolute atomic E-state index is 0.164. The molecule has 0 aromatic heterocycles. The highest BCUT2D eigenvalue weighted by molar-refractivity contribution is 6.05. The molecule has 0 bridgehead atoms. The van der Waals surface area contributed by atoms with E-state index < -0.39 is 127 Å². The van der Waals surface area contributed by atoms with Gasteiger partial charge in [-0.3, -0.25) is 4.79 Å². The molecule has 2 aromatic rings. The number of hydrogen-bond acceptors (Lipinski definition) is 18. The molecule has 0 radical (unpaired) electrons. The maximum Gasteiger partial charge on any atom is 0.203 e. The number of phenolic OH excluding ortho intramolecular Hbond substituents is 5. The number of aliphatic hydroxyl groups excluding tert-OH is 7. The fourth-order valence-corrected chi connectivity index (χ4v) is 5.38. The number of benzene rings is 2. The average molecular weight is 645 g/mol. The van der Waals surface area contributed by atoms with E-state index in [1.54, 1.807) is 0 Å². The Labute approximate surface area is 252 Å². The second-order valence-electron chi connectivity index (χ2n) is 10.7. The van der Waals surface area contributed by atoms with Crippen LogP contribution in [0.2, 0.25) is 0 Å². The molecule has 12 atom stereocenters. The number of rotatable bonds is 7. The van der Waals surface area contributed by atoms with E-state index in [-0.39, 0.29) is 11.3 Å². The molecule has 248 valence electrons. The SMILES string of the molecule is O=C1c2c(O)cc(O)cc2OC(c2cc(O)c(O)c(O)c2)C1O[C@@H]1O[C@H](CO)C(O[C@@H]2O[C@H](CO)[C@H](O)[C@H](O)[C@H]2O)[C@H](O)[C@H]1O. The highest BCUT2D eigenvalue weighted by atomic mass is 16.7. The van der Waals surface area contributed by atoms with E-state index in [4.69, 9.17) is 23.7 Å². The van der Waals surface area contributed by atoms with Crippen molar-refractivity contribution in [3.8, 4) is 34.5 Å². The predicted octanol–water partition coefficient (Wildman–Crippen LogP) is -3.46. The number of phenols is 5. The van der Waals surface area contributed by atoms with Crippen LogP contribution in [-0.4, -0.2) is 148 Å². The molecule has 3 aliphatic heterocycles. The van der Waals surface area contributed by atoms with E-state index in [2.05, 4.69) is 0 Å². The lowest BCUT2D eigenvalue weighted by Crippen LogP contribution is -2.65. The lowest BCUT2D eigenvalue weighted by Gasteiger charge is -2.46. The van der Waals surface area contributed by atoms with Crippen molar-refractivity contribution in [2.75, 3.05) is 13.2 Å². The fourth-order valence-electron chi connectivity index (χ4n) is 5.38. The first kappa shape index (κ1) is 32.9. The van der Waals surface area contributed by atoms with Crippen LogP contribution in [0.5, 0.6) is 34.5 Å². The number of carbonyl (C=O) groups is 1. The van der Waals surface area contributed by atoms with Gasteiger partial charge in [0.05, 0.1) is 13.2 Å². The minimum atomic E-state index is -2.06. The molecule has 45 heavy (non-hydrogen) atoms. The zero-order valence-corrected chi connectivity index (χ0v) is 23.0. The molecule has 12 N–H and O–H groups in total. The van der Waals surface area contributed by atoms with Crippen LogP contribution in [0.15, 0.2) is 24.3 Å². The van der Waals surface area contributed by atoms with Crippen molar-refractivity contribution < 1.29 is 89.8 Å². The molecule has 2 aromatic carbocycles. The Morgan fingerprint density at radius 1 is 0.667 bits per heavy atom. The number of aliphatic hydroxyl groups is 7. The number of aromatic hydroxyl groups is 5. The van der Waals surface area contributed by atoms with Gasteiger partial charge >= 0.3 is 0 Å². The Morgan fingerprint density at radius 2 is 1.24 bits per heavy atom. The minimum Gasteiger partial charge on any atom is -0.508 e. The van der Waals surface area contributed by atoms with Gasteiger partial charge in [0.15, 0.2) is 42.0 Å². The molecule has 2 fully saturated rings. The molecule has 0 aliphatic carbocycles. The maximum absolute atomic E-state index is 13.7. The number of hydrogen-bond donors (Lipinski definition) is 12. The van der Waals surface area contributed by atoms with Gasteiger partial charge in [-0.05, 0) is 12.1 Å². The molecule has 0 saturated carbocycles. The summed E-state index contributed by atoms with van der Waals surface area (Å²) in [6, 6.07) is 3.68. The third-order valence-corrected chi connectivity index (χ3v) is 7.76. The van der Waals surface area contributed by atoms with Gasteiger partial charge in [0.1, 0.15) is 71.6 Å². The van der Waals surface area contributed by atoms with E-state index >= 15 is 0 Å². The fraction of sp³-hybridized carbons (Fsp3) is 0.519. The van der Waals surface area contributed by atoms with Crippen molar-refractivity contribution in [3.05, 3.63) is 35.4 Å². The number of fused-ring (bicyclic) bond motifs is 1. The van der Waals surface area contributed by atoms with Gasteiger partial charge in [-0.15, -0.1) is 0 Å². The van der Waals surface area contributed by atoms with Gasteiger partial charge in [-0.2, -0.15) is 0 Å². The van der Waals surface area contributed by atoms with Crippen molar-refractivity contribution in [1.29, 1.82) is 0 Å². The molecule has 18 heteroatoms. The van der Waals surface area contributed by atoms with E-state index in [0.29, 0.717) is 0 Å². The summed E-state index contributed by atoms with van der Waals surface area (Å²) in [6.45, 7) is -1.70. The second kappa shape index (κ2) is 12.7. The molecular formula is C27H32O18. The number of ether oxygens (including phenoxy) is 5. The van der Waals surface area contributed by atoms with Crippen LogP contribution in [0.1, 0.15) is 22.0 Å². The third kappa shape index (κ3) is 5.93. The van der Waals surface area contributed by atoms with Crippen LogP contribution in [-0.2, 0) is 18.9 Å². The summed E-state index contributed by atoms with van der Waals surface area (Å²) in [4.78, 5) is 13.7. The van der Waals surface area contributed by atoms with Crippen molar-refractivity contribution >= 4 is 5.78 Å². The molecule has 3 unspecified atom stereocenters. The summed E-state index contributed by atoms with van der Waals surface area (Å²) < 4.78 is 27.9. The topological polar surface area (TPSA) is 306 Å². The molecule has 18 nitrogen and oxygen atoms in total. The quantitative estimate of drug-likeness (QED) is 0.130. The van der Waals surface area contributed by atoms with E-state index in [1.165, 1.54) is 0 Å². The summed E-state index contributed by atoms with van der Waals surface area (Å²) in [6.07, 6.45) is -21.3. The normalized spacial score (nSPS) is 36.7. The first-order valence-electron chi connectivity index (χ1n) is 13.5. The van der Waals surface area contributed by atoms with Crippen molar-refractivity contribution in [2.45, 2.75) is 73.6 Å². The lowest BCUT2D eigenvalue weighted by molar-refractivity contribution is -0.362. The van der Waals surface area contributed by atoms with E-state index in [0.717, 1.165) is 24.3 Å². The molecule has 5 rings (SSSR count). The van der Waals surface area contributed by atoms with Crippen LogP contribution in [0.4, 0.5) is 0 Å². The average Bonchev–Trinajstić information content (AvgIpc) is 2.99. The predicted molar refractivity (Wildman–Crippen MR) is 140 cm³/mol. The molecule has 3 aliphatic rings. The van der Waals surface area contributed by atoms with E-state index in [9.17, 15) is 66.1 Å². The smallest absolute Gasteiger partial charge is 0.203 e. The first-order valence-corrected chi connectivity index (χ1v) is 13.5. The Kier molecular flexibility index (Phi) is 9.27. The number of ketones is 1. The lowest BCUT2D eigenvalue weighted by atomic mass is 9.91. The zero-order valence-electron chi connectivity index (χ0n) is 23.0. The molecule has 3 heterocycles. The third-order valence-electron chi connectivity index (χ3n) is 7.76. The van der Waals surface area contributed by atoms with Gasteiger partial charge in [0.25, 0.3) is 0 Å². The highest BCUT2D eigenvalue weighted by Gasteiger charge is 2.53. The number of Topliss-reactive ketones (excluding diaryl/α,β-unsaturated/α-hetero) is 1. The Balaban J connectivity index is 1.43. The maximum atomic E-state index is 13.7. The Bertz CT molecular complexity index is 1380. The summed E-state index contributed by atoms with van der Waals surface area (Å²) >= 11 is 0. The summed E-state index contributed by atoms with van der Waals surface area (Å²) in [5, 5.41) is 122. The molecule has 0 spiro atoms. The monoisotopic (exact) mass is 644 g/mol. The van der Waals surface area contributed by atoms with Crippen molar-refractivity contribution in [1.82, 2.24) is 0 Å². The molecule has 0 amide bonds. The van der Waals surface area contributed by atoms with Crippen LogP contribution in [0.3, 0.4) is 0 Å². The standard InChI is InChI=1S/C27H32O18/c28-5-13-17(35)19(37)21(39)26(42-13)44-24-14(6-29)43-27(22(40)20(24)38)45-25-18(36)15-9(31)3-8(30)4-12(15)41-23(25)7-1-10(32)16(34)11(33)2-7/h1-4,13-14,17,19-35,37-40H,5-6H2/t13-,14-,17+,19+,20-,21-,22-,23?,24?,25?,26+,27+/m1/s1. The van der Waals surface area contributed by atoms with Gasteiger partial charge in [-0.1, -0.05) is 0 Å². The number of carbonyl (C=O) groups excluding carboxylic acids is 1. The van der Waals surface area contributed by atoms with Crippen molar-refractivity contribution in [3.63, 3.8) is 0 Å². The second-order valence-corrected chi connectivity index (χ2v) is 10.7. The summed E-state index contributed by atoms with van der Waals surface area (Å²) in [5.41, 5.74) is -0.627. The van der Waals surface area contributed by atoms with Crippen LogP contribution >= 0.6 is 0 Å². The summed E-state index contributed by atoms with van der Waals surface area (Å²) in [7, 11) is 0. The molecular weight excluding hydrogens is 612 g/mol. The van der Waals surface area contributed by atoms with Gasteiger partial charge < -0.3 is 85.0 Å². The van der Waals surface area contributed by atoms with Gasteiger partial charge in [0.2, 0.25) is 5.78 Å². The van der Waals surface area contributed by atoms with E-state index in [1.807, 2.05) is 0 Å². The first-order chi connectivity index (χ1) is 21.3. The zero-order chi connectivity index (χ0) is 32.9. The highest BCUT2D eigenvalue weighted by Crippen LogP contribution is 2.46. The summed E-state index contributed by atoms with van der Waals surface area (Å²) in [5.74, 6) is -5.06. The van der Waals surface area contributed by atoms with Crippen LogP contribution in [0.25, 0.3) is 0 Å². The van der Waals surface area contributed by atoms with Crippen molar-refractivity contribution in [2.24, 2.45) is 0 Å². The van der Waals surface area contributed by atoms with Gasteiger partial charge in [0, 0.05) is 17.7 Å². The molecule has 2 saturated heterocycles.